The maximum Gasteiger partial charge on any atom is 0.193 e. The van der Waals surface area contributed by atoms with Gasteiger partial charge in [-0.15, -0.1) is 11.3 Å². The van der Waals surface area contributed by atoms with Gasteiger partial charge in [-0.25, -0.2) is 0 Å². The fourth-order valence-corrected chi connectivity index (χ4v) is 3.07. The topological polar surface area (TPSA) is 32.6 Å². The van der Waals surface area contributed by atoms with Crippen molar-refractivity contribution >= 4 is 17.3 Å². The highest BCUT2D eigenvalue weighted by Crippen LogP contribution is 2.19. The van der Waals surface area contributed by atoms with Gasteiger partial charge in [0.2, 0.25) is 0 Å². The van der Waals surface area contributed by atoms with Crippen LogP contribution in [0.3, 0.4) is 0 Å². The molecule has 0 aliphatic heterocycles. The molecule has 1 unspecified atom stereocenters. The summed E-state index contributed by atoms with van der Waals surface area (Å²) in [6.45, 7) is 3.98. The maximum absolute atomic E-state index is 4.38. The molecule has 21 heavy (non-hydrogen) atoms. The quantitative estimate of drug-likeness (QED) is 0.680. The standard InChI is InChI=1S/C16H24N4S/c1-13(15-8-6-10-21-15)11-18-16(17-2)20(4)12-14-7-5-9-19(14)3/h5-10,13H,11-12H2,1-4H3,(H,17,18). The van der Waals surface area contributed by atoms with Gasteiger partial charge in [0.05, 0.1) is 6.54 Å². The monoisotopic (exact) mass is 304 g/mol. The van der Waals surface area contributed by atoms with Gasteiger partial charge in [0.15, 0.2) is 5.96 Å². The molecule has 0 aliphatic carbocycles. The van der Waals surface area contributed by atoms with Crippen LogP contribution in [0.5, 0.6) is 0 Å². The molecule has 0 spiro atoms. The molecule has 0 bridgehead atoms. The van der Waals surface area contributed by atoms with Crippen molar-refractivity contribution in [2.75, 3.05) is 20.6 Å². The molecular weight excluding hydrogens is 280 g/mol. The Morgan fingerprint density at radius 2 is 2.24 bits per heavy atom. The molecule has 0 aromatic carbocycles. The Morgan fingerprint density at radius 3 is 2.81 bits per heavy atom. The Morgan fingerprint density at radius 1 is 1.43 bits per heavy atom. The number of guanidine groups is 1. The first kappa shape index (κ1) is 15.6. The van der Waals surface area contributed by atoms with Crippen LogP contribution in [0.2, 0.25) is 0 Å². The number of hydrogen-bond acceptors (Lipinski definition) is 2. The van der Waals surface area contributed by atoms with Gasteiger partial charge in [-0.05, 0) is 23.6 Å². The molecule has 2 rings (SSSR count). The minimum Gasteiger partial charge on any atom is -0.356 e. The molecule has 0 saturated heterocycles. The van der Waals surface area contributed by atoms with E-state index in [1.54, 1.807) is 0 Å². The Labute approximate surface area is 131 Å². The highest BCUT2D eigenvalue weighted by atomic mass is 32.1. The van der Waals surface area contributed by atoms with Crippen molar-refractivity contribution in [3.63, 3.8) is 0 Å². The fraction of sp³-hybridized carbons (Fsp3) is 0.438. The van der Waals surface area contributed by atoms with Crippen LogP contribution in [-0.2, 0) is 13.6 Å². The van der Waals surface area contributed by atoms with Crippen LogP contribution in [0.4, 0.5) is 0 Å². The lowest BCUT2D eigenvalue weighted by atomic mass is 10.1. The minimum atomic E-state index is 0.491. The van der Waals surface area contributed by atoms with Gasteiger partial charge in [-0.3, -0.25) is 4.99 Å². The van der Waals surface area contributed by atoms with Crippen LogP contribution < -0.4 is 5.32 Å². The van der Waals surface area contributed by atoms with Crippen molar-refractivity contribution in [2.45, 2.75) is 19.4 Å². The normalized spacial score (nSPS) is 13.2. The Hall–Kier alpha value is -1.75. The molecule has 4 nitrogen and oxygen atoms in total. The molecule has 0 fully saturated rings. The molecule has 0 radical (unpaired) electrons. The van der Waals surface area contributed by atoms with E-state index in [1.165, 1.54) is 10.6 Å². The second-order valence-electron chi connectivity index (χ2n) is 5.31. The first-order chi connectivity index (χ1) is 10.1. The zero-order chi connectivity index (χ0) is 15.2. The van der Waals surface area contributed by atoms with Crippen molar-refractivity contribution in [3.05, 3.63) is 46.4 Å². The lowest BCUT2D eigenvalue weighted by Crippen LogP contribution is -2.40. The molecule has 5 heteroatoms. The van der Waals surface area contributed by atoms with E-state index in [1.807, 2.05) is 18.4 Å². The van der Waals surface area contributed by atoms with Crippen LogP contribution >= 0.6 is 11.3 Å². The predicted molar refractivity (Wildman–Crippen MR) is 91.0 cm³/mol. The number of aromatic nitrogens is 1. The van der Waals surface area contributed by atoms with E-state index in [2.05, 4.69) is 76.6 Å². The lowest BCUT2D eigenvalue weighted by molar-refractivity contribution is 0.459. The van der Waals surface area contributed by atoms with Gasteiger partial charge in [-0.2, -0.15) is 0 Å². The number of thiophene rings is 1. The predicted octanol–water partition coefficient (Wildman–Crippen LogP) is 2.90. The average molecular weight is 304 g/mol. The summed E-state index contributed by atoms with van der Waals surface area (Å²) >= 11 is 1.81. The Kier molecular flexibility index (Phi) is 5.44. The number of nitrogens with zero attached hydrogens (tertiary/aromatic N) is 3. The van der Waals surface area contributed by atoms with Crippen LogP contribution in [-0.4, -0.2) is 36.1 Å². The van der Waals surface area contributed by atoms with Crippen LogP contribution in [0.15, 0.2) is 40.8 Å². The second kappa shape index (κ2) is 7.31. The third-order valence-electron chi connectivity index (χ3n) is 3.62. The summed E-state index contributed by atoms with van der Waals surface area (Å²) in [4.78, 5) is 7.93. The molecular formula is C16H24N4S. The van der Waals surface area contributed by atoms with Crippen molar-refractivity contribution in [3.8, 4) is 0 Å². The molecule has 2 aromatic heterocycles. The zero-order valence-corrected chi connectivity index (χ0v) is 14.0. The van der Waals surface area contributed by atoms with Crippen molar-refractivity contribution in [2.24, 2.45) is 12.0 Å². The van der Waals surface area contributed by atoms with Gasteiger partial charge >= 0.3 is 0 Å². The van der Waals surface area contributed by atoms with E-state index in [4.69, 9.17) is 0 Å². The van der Waals surface area contributed by atoms with Crippen molar-refractivity contribution in [1.82, 2.24) is 14.8 Å². The summed E-state index contributed by atoms with van der Waals surface area (Å²) in [5.74, 6) is 1.42. The molecule has 0 amide bonds. The molecule has 1 atom stereocenters. The van der Waals surface area contributed by atoms with Crippen LogP contribution in [0, 0.1) is 0 Å². The average Bonchev–Trinajstić information content (AvgIpc) is 3.12. The molecule has 114 valence electrons. The highest BCUT2D eigenvalue weighted by Gasteiger charge is 2.11. The summed E-state index contributed by atoms with van der Waals surface area (Å²) in [7, 11) is 5.97. The maximum atomic E-state index is 4.38. The number of hydrogen-bond donors (Lipinski definition) is 1. The van der Waals surface area contributed by atoms with E-state index in [0.717, 1.165) is 19.0 Å². The van der Waals surface area contributed by atoms with Gasteiger partial charge < -0.3 is 14.8 Å². The summed E-state index contributed by atoms with van der Waals surface area (Å²) in [5.41, 5.74) is 1.27. The van der Waals surface area contributed by atoms with Crippen LogP contribution in [0.25, 0.3) is 0 Å². The largest absolute Gasteiger partial charge is 0.356 e. The highest BCUT2D eigenvalue weighted by molar-refractivity contribution is 7.10. The minimum absolute atomic E-state index is 0.491. The van der Waals surface area contributed by atoms with Crippen molar-refractivity contribution < 1.29 is 0 Å². The second-order valence-corrected chi connectivity index (χ2v) is 6.29. The number of aryl methyl sites for hydroxylation is 1. The summed E-state index contributed by atoms with van der Waals surface area (Å²) < 4.78 is 2.14. The molecule has 0 saturated carbocycles. The summed E-state index contributed by atoms with van der Waals surface area (Å²) in [6, 6.07) is 8.50. The van der Waals surface area contributed by atoms with Gasteiger partial charge in [-0.1, -0.05) is 13.0 Å². The molecule has 1 N–H and O–H groups in total. The van der Waals surface area contributed by atoms with E-state index in [-0.39, 0.29) is 0 Å². The van der Waals surface area contributed by atoms with Gasteiger partial charge in [0, 0.05) is 50.4 Å². The van der Waals surface area contributed by atoms with Crippen LogP contribution in [0.1, 0.15) is 23.4 Å². The molecule has 0 aliphatic rings. The Balaban J connectivity index is 1.89. The smallest absolute Gasteiger partial charge is 0.193 e. The molecule has 2 heterocycles. The number of nitrogens with one attached hydrogen (secondary N) is 1. The van der Waals surface area contributed by atoms with Gasteiger partial charge in [0.25, 0.3) is 0 Å². The van der Waals surface area contributed by atoms with E-state index < -0.39 is 0 Å². The van der Waals surface area contributed by atoms with E-state index >= 15 is 0 Å². The SMILES string of the molecule is CN=C(NCC(C)c1cccs1)N(C)Cc1cccn1C. The van der Waals surface area contributed by atoms with Gasteiger partial charge in [0.1, 0.15) is 0 Å². The Bertz CT molecular complexity index is 571. The fourth-order valence-electron chi connectivity index (χ4n) is 2.28. The first-order valence-electron chi connectivity index (χ1n) is 7.17. The third kappa shape index (κ3) is 4.11. The molecule has 2 aromatic rings. The number of rotatable bonds is 5. The van der Waals surface area contributed by atoms with E-state index in [9.17, 15) is 0 Å². The van der Waals surface area contributed by atoms with E-state index in [0.29, 0.717) is 5.92 Å². The lowest BCUT2D eigenvalue weighted by Gasteiger charge is -2.23. The number of aliphatic imine (C=N–C) groups is 1. The van der Waals surface area contributed by atoms with Crippen molar-refractivity contribution in [1.29, 1.82) is 0 Å². The first-order valence-corrected chi connectivity index (χ1v) is 8.05. The third-order valence-corrected chi connectivity index (χ3v) is 4.72. The summed E-state index contributed by atoms with van der Waals surface area (Å²) in [5, 5.41) is 5.59. The summed E-state index contributed by atoms with van der Waals surface area (Å²) in [6.07, 6.45) is 2.07. The zero-order valence-electron chi connectivity index (χ0n) is 13.2.